The van der Waals surface area contributed by atoms with E-state index in [-0.39, 0.29) is 30.1 Å². The van der Waals surface area contributed by atoms with Gasteiger partial charge in [0, 0.05) is 32.5 Å². The van der Waals surface area contributed by atoms with Crippen molar-refractivity contribution in [2.45, 2.75) is 51.0 Å². The molecule has 0 bridgehead atoms. The molecule has 1 aromatic carbocycles. The molecule has 2 fully saturated rings. The van der Waals surface area contributed by atoms with E-state index in [1.807, 2.05) is 4.90 Å². The van der Waals surface area contributed by atoms with Crippen LogP contribution < -0.4 is 0 Å². The van der Waals surface area contributed by atoms with Crippen LogP contribution in [0.15, 0.2) is 40.8 Å². The molecule has 2 aliphatic rings. The fourth-order valence-electron chi connectivity index (χ4n) is 4.33. The highest BCUT2D eigenvalue weighted by Gasteiger charge is 2.35. The summed E-state index contributed by atoms with van der Waals surface area (Å²) in [5.41, 5.74) is 0.414. The van der Waals surface area contributed by atoms with E-state index in [2.05, 4.69) is 0 Å². The average Bonchev–Trinajstić information content (AvgIpc) is 3.44. The fourth-order valence-corrected chi connectivity index (χ4v) is 4.33. The molecule has 1 atom stereocenters. The molecule has 0 N–H and O–H groups in total. The van der Waals surface area contributed by atoms with Gasteiger partial charge in [-0.05, 0) is 56.4 Å². The van der Waals surface area contributed by atoms with Gasteiger partial charge in [-0.1, -0.05) is 12.1 Å². The smallest absolute Gasteiger partial charge is 0.245 e. The lowest BCUT2D eigenvalue weighted by molar-refractivity contribution is -0.147. The first-order valence-corrected chi connectivity index (χ1v) is 10.6. The Morgan fingerprint density at radius 2 is 1.76 bits per heavy atom. The number of likely N-dealkylation sites (tertiary alicyclic amines) is 2. The summed E-state index contributed by atoms with van der Waals surface area (Å²) in [6, 6.07) is 9.68. The monoisotopic (exact) mass is 398 g/mol. The van der Waals surface area contributed by atoms with Crippen LogP contribution in [-0.2, 0) is 16.0 Å². The lowest BCUT2D eigenvalue weighted by atomic mass is 10.00. The summed E-state index contributed by atoms with van der Waals surface area (Å²) >= 11 is 0. The molecule has 0 saturated carbocycles. The Morgan fingerprint density at radius 1 is 1.00 bits per heavy atom. The fraction of sp³-hybridized carbons (Fsp3) is 0.478. The van der Waals surface area contributed by atoms with Gasteiger partial charge in [0.15, 0.2) is 0 Å². The molecule has 0 radical (unpaired) electrons. The van der Waals surface area contributed by atoms with Crippen LogP contribution in [0.2, 0.25) is 0 Å². The second-order valence-corrected chi connectivity index (χ2v) is 7.88. The Balaban J connectivity index is 1.38. The molecular weight excluding hydrogens is 371 g/mol. The number of furan rings is 1. The summed E-state index contributed by atoms with van der Waals surface area (Å²) in [4.78, 5) is 29.4. The van der Waals surface area contributed by atoms with E-state index in [1.165, 1.54) is 6.07 Å². The van der Waals surface area contributed by atoms with E-state index in [0.29, 0.717) is 30.0 Å². The summed E-state index contributed by atoms with van der Waals surface area (Å²) in [5, 5.41) is 0. The molecule has 5 nitrogen and oxygen atoms in total. The van der Waals surface area contributed by atoms with E-state index in [9.17, 15) is 14.0 Å². The van der Waals surface area contributed by atoms with Gasteiger partial charge in [0.25, 0.3) is 0 Å². The Labute approximate surface area is 170 Å². The number of piperidine rings is 1. The lowest BCUT2D eigenvalue weighted by Gasteiger charge is -2.36. The Bertz CT molecular complexity index is 873. The number of hydrogen-bond donors (Lipinski definition) is 0. The highest BCUT2D eigenvalue weighted by Crippen LogP contribution is 2.26. The van der Waals surface area contributed by atoms with E-state index in [0.717, 1.165) is 45.2 Å². The molecule has 2 saturated heterocycles. The minimum atomic E-state index is -0.332. The summed E-state index contributed by atoms with van der Waals surface area (Å²) in [7, 11) is 0. The van der Waals surface area contributed by atoms with Crippen molar-refractivity contribution in [2.75, 3.05) is 19.6 Å². The van der Waals surface area contributed by atoms with Crippen molar-refractivity contribution < 1.29 is 18.4 Å². The van der Waals surface area contributed by atoms with Gasteiger partial charge in [0.1, 0.15) is 23.4 Å². The SMILES string of the molecule is O=C(C1CCCCN1C(=O)CCc1ccc(-c2ccccc2F)o1)N1CCCC1. The van der Waals surface area contributed by atoms with Crippen LogP contribution in [0, 0.1) is 5.82 Å². The van der Waals surface area contributed by atoms with Crippen LogP contribution in [0.1, 0.15) is 44.3 Å². The van der Waals surface area contributed by atoms with Gasteiger partial charge < -0.3 is 14.2 Å². The van der Waals surface area contributed by atoms with E-state index < -0.39 is 0 Å². The van der Waals surface area contributed by atoms with Gasteiger partial charge in [-0.3, -0.25) is 9.59 Å². The maximum atomic E-state index is 13.9. The number of rotatable bonds is 5. The number of hydrogen-bond acceptors (Lipinski definition) is 3. The Kier molecular flexibility index (Phi) is 5.97. The third-order valence-electron chi connectivity index (χ3n) is 5.91. The largest absolute Gasteiger partial charge is 0.461 e. The molecule has 4 rings (SSSR count). The summed E-state index contributed by atoms with van der Waals surface area (Å²) in [5.74, 6) is 0.879. The van der Waals surface area contributed by atoms with Gasteiger partial charge in [-0.15, -0.1) is 0 Å². The number of carbonyl (C=O) groups is 2. The normalized spacial score (nSPS) is 19.6. The molecule has 2 amide bonds. The Morgan fingerprint density at radius 3 is 2.55 bits per heavy atom. The summed E-state index contributed by atoms with van der Waals surface area (Å²) in [6.45, 7) is 2.26. The maximum absolute atomic E-state index is 13.9. The molecule has 154 valence electrons. The Hall–Kier alpha value is -2.63. The highest BCUT2D eigenvalue weighted by molar-refractivity contribution is 5.88. The number of carbonyl (C=O) groups excluding carboxylic acids is 2. The predicted molar refractivity (Wildman–Crippen MR) is 108 cm³/mol. The standard InChI is InChI=1S/C23H27FN2O3/c24-19-8-2-1-7-18(19)21-12-10-17(29-21)11-13-22(27)26-16-4-3-9-20(26)23(28)25-14-5-6-15-25/h1-2,7-8,10,12,20H,3-6,9,11,13-16H2. The molecule has 1 aromatic heterocycles. The molecule has 3 heterocycles. The van der Waals surface area contributed by atoms with Crippen LogP contribution >= 0.6 is 0 Å². The van der Waals surface area contributed by atoms with E-state index in [4.69, 9.17) is 4.42 Å². The second-order valence-electron chi connectivity index (χ2n) is 7.88. The van der Waals surface area contributed by atoms with Gasteiger partial charge >= 0.3 is 0 Å². The first-order chi connectivity index (χ1) is 14.1. The molecule has 0 aliphatic carbocycles. The van der Waals surface area contributed by atoms with Crippen LogP contribution in [0.4, 0.5) is 4.39 Å². The number of amides is 2. The van der Waals surface area contributed by atoms with Crippen LogP contribution in [0.5, 0.6) is 0 Å². The van der Waals surface area contributed by atoms with Crippen LogP contribution in [0.3, 0.4) is 0 Å². The van der Waals surface area contributed by atoms with Crippen LogP contribution in [0.25, 0.3) is 11.3 Å². The molecule has 1 unspecified atom stereocenters. The molecule has 6 heteroatoms. The third kappa shape index (κ3) is 4.36. The minimum Gasteiger partial charge on any atom is -0.461 e. The molecular formula is C23H27FN2O3. The zero-order valence-electron chi connectivity index (χ0n) is 16.6. The first-order valence-electron chi connectivity index (χ1n) is 10.6. The predicted octanol–water partition coefficient (Wildman–Crippen LogP) is 4.02. The minimum absolute atomic E-state index is 0.00825. The van der Waals surface area contributed by atoms with Crippen molar-refractivity contribution in [3.63, 3.8) is 0 Å². The van der Waals surface area contributed by atoms with Gasteiger partial charge in [-0.25, -0.2) is 4.39 Å². The van der Waals surface area contributed by atoms with Gasteiger partial charge in [-0.2, -0.15) is 0 Å². The summed E-state index contributed by atoms with van der Waals surface area (Å²) < 4.78 is 19.7. The number of halogens is 1. The first kappa shape index (κ1) is 19.7. The maximum Gasteiger partial charge on any atom is 0.245 e. The quantitative estimate of drug-likeness (QED) is 0.764. The number of nitrogens with zero attached hydrogens (tertiary/aromatic N) is 2. The van der Waals surface area contributed by atoms with Crippen LogP contribution in [-0.4, -0.2) is 47.3 Å². The topological polar surface area (TPSA) is 53.8 Å². The zero-order chi connectivity index (χ0) is 20.2. The van der Waals surface area contributed by atoms with Crippen molar-refractivity contribution in [1.82, 2.24) is 9.80 Å². The van der Waals surface area contributed by atoms with Crippen molar-refractivity contribution in [3.8, 4) is 11.3 Å². The number of aryl methyl sites for hydroxylation is 1. The molecule has 0 spiro atoms. The van der Waals surface area contributed by atoms with Gasteiger partial charge in [0.2, 0.25) is 11.8 Å². The molecule has 2 aliphatic heterocycles. The zero-order valence-corrected chi connectivity index (χ0v) is 16.6. The summed E-state index contributed by atoms with van der Waals surface area (Å²) in [6.07, 6.45) is 5.50. The van der Waals surface area contributed by atoms with E-state index >= 15 is 0 Å². The second kappa shape index (κ2) is 8.80. The van der Waals surface area contributed by atoms with Crippen molar-refractivity contribution in [3.05, 3.63) is 48.0 Å². The highest BCUT2D eigenvalue weighted by atomic mass is 19.1. The average molecular weight is 398 g/mol. The van der Waals surface area contributed by atoms with E-state index in [1.54, 1.807) is 35.2 Å². The lowest BCUT2D eigenvalue weighted by Crippen LogP contribution is -2.52. The van der Waals surface area contributed by atoms with Crippen molar-refractivity contribution in [1.29, 1.82) is 0 Å². The van der Waals surface area contributed by atoms with Crippen molar-refractivity contribution in [2.24, 2.45) is 0 Å². The molecule has 29 heavy (non-hydrogen) atoms. The van der Waals surface area contributed by atoms with Gasteiger partial charge in [0.05, 0.1) is 5.56 Å². The molecule has 2 aromatic rings. The third-order valence-corrected chi connectivity index (χ3v) is 5.91. The number of benzene rings is 1. The van der Waals surface area contributed by atoms with Crippen molar-refractivity contribution >= 4 is 11.8 Å².